The largest absolute Gasteiger partial charge is 0.494 e. The van der Waals surface area contributed by atoms with Crippen molar-refractivity contribution in [3.05, 3.63) is 64.7 Å². The number of amides is 1. The van der Waals surface area contributed by atoms with E-state index in [1.807, 2.05) is 31.2 Å². The van der Waals surface area contributed by atoms with Crippen molar-refractivity contribution >= 4 is 23.2 Å². The first-order chi connectivity index (χ1) is 13.0. The number of rotatable bonds is 6. The third-order valence-corrected chi connectivity index (χ3v) is 4.91. The van der Waals surface area contributed by atoms with Crippen molar-refractivity contribution < 1.29 is 19.1 Å². The molecular formula is C20H18N2O4S. The normalized spacial score (nSPS) is 10.4. The molecule has 0 aliphatic heterocycles. The molecule has 0 fully saturated rings. The number of benzene rings is 2. The van der Waals surface area contributed by atoms with Crippen molar-refractivity contribution in [2.24, 2.45) is 5.73 Å². The van der Waals surface area contributed by atoms with Gasteiger partial charge in [0.05, 0.1) is 12.3 Å². The van der Waals surface area contributed by atoms with Crippen molar-refractivity contribution in [2.75, 3.05) is 6.61 Å². The number of carbonyl (C=O) groups excluding carboxylic acids is 2. The van der Waals surface area contributed by atoms with Crippen molar-refractivity contribution in [3.63, 3.8) is 0 Å². The van der Waals surface area contributed by atoms with Crippen LogP contribution >= 0.6 is 11.3 Å². The van der Waals surface area contributed by atoms with Gasteiger partial charge >= 0.3 is 5.97 Å². The van der Waals surface area contributed by atoms with E-state index in [1.165, 1.54) is 17.4 Å². The highest BCUT2D eigenvalue weighted by Crippen LogP contribution is 2.30. The van der Waals surface area contributed by atoms with Crippen LogP contribution in [-0.2, 0) is 0 Å². The topological polar surface area (TPSA) is 91.5 Å². The molecule has 0 bridgehead atoms. The summed E-state index contributed by atoms with van der Waals surface area (Å²) in [4.78, 5) is 28.6. The van der Waals surface area contributed by atoms with E-state index in [0.29, 0.717) is 22.2 Å². The molecule has 0 atom stereocenters. The van der Waals surface area contributed by atoms with Crippen LogP contribution in [-0.4, -0.2) is 23.5 Å². The SMILES string of the molecule is CCOc1ccc(-c2nc(C)c(C(=O)Oc3cccc(C(N)=O)c3)s2)cc1. The van der Waals surface area contributed by atoms with Crippen molar-refractivity contribution in [1.29, 1.82) is 0 Å². The number of ether oxygens (including phenoxy) is 2. The lowest BCUT2D eigenvalue weighted by Gasteiger charge is -2.04. The lowest BCUT2D eigenvalue weighted by Crippen LogP contribution is -2.12. The van der Waals surface area contributed by atoms with E-state index in [0.717, 1.165) is 11.3 Å². The standard InChI is InChI=1S/C20H18N2O4S/c1-3-25-15-9-7-13(8-10-15)19-22-12(2)17(27-19)20(24)26-16-6-4-5-14(11-16)18(21)23/h4-11H,3H2,1-2H3,(H2,21,23). The molecule has 0 saturated carbocycles. The highest BCUT2D eigenvalue weighted by Gasteiger charge is 2.19. The fourth-order valence-electron chi connectivity index (χ4n) is 2.44. The minimum Gasteiger partial charge on any atom is -0.494 e. The summed E-state index contributed by atoms with van der Waals surface area (Å²) in [6.07, 6.45) is 0. The van der Waals surface area contributed by atoms with Gasteiger partial charge in [0.25, 0.3) is 0 Å². The Morgan fingerprint density at radius 1 is 1.11 bits per heavy atom. The summed E-state index contributed by atoms with van der Waals surface area (Å²) in [6, 6.07) is 13.7. The van der Waals surface area contributed by atoms with Crippen LogP contribution in [0.4, 0.5) is 0 Å². The zero-order valence-electron chi connectivity index (χ0n) is 14.9. The van der Waals surface area contributed by atoms with Crippen molar-refractivity contribution in [2.45, 2.75) is 13.8 Å². The molecule has 0 spiro atoms. The molecule has 0 saturated heterocycles. The van der Waals surface area contributed by atoms with Crippen LogP contribution < -0.4 is 15.2 Å². The van der Waals surface area contributed by atoms with Crippen LogP contribution in [0, 0.1) is 6.92 Å². The molecule has 2 N–H and O–H groups in total. The zero-order valence-corrected chi connectivity index (χ0v) is 15.7. The van der Waals surface area contributed by atoms with Gasteiger partial charge in [-0.3, -0.25) is 4.79 Å². The number of nitrogens with two attached hydrogens (primary N) is 1. The maximum Gasteiger partial charge on any atom is 0.355 e. The Kier molecular flexibility index (Phi) is 5.52. The van der Waals surface area contributed by atoms with E-state index in [9.17, 15) is 9.59 Å². The summed E-state index contributed by atoms with van der Waals surface area (Å²) in [5.74, 6) is -0.0707. The lowest BCUT2D eigenvalue weighted by atomic mass is 10.2. The molecule has 1 heterocycles. The molecule has 7 heteroatoms. The molecule has 3 rings (SSSR count). The number of thiazole rings is 1. The molecule has 1 amide bonds. The monoisotopic (exact) mass is 382 g/mol. The molecule has 27 heavy (non-hydrogen) atoms. The van der Waals surface area contributed by atoms with Gasteiger partial charge in [-0.15, -0.1) is 11.3 Å². The Labute approximate surface area is 160 Å². The lowest BCUT2D eigenvalue weighted by molar-refractivity contribution is 0.0737. The van der Waals surface area contributed by atoms with Gasteiger partial charge in [0, 0.05) is 11.1 Å². The van der Waals surface area contributed by atoms with E-state index in [-0.39, 0.29) is 11.3 Å². The predicted molar refractivity (Wildman–Crippen MR) is 103 cm³/mol. The molecule has 1 aromatic heterocycles. The second kappa shape index (κ2) is 8.01. The van der Waals surface area contributed by atoms with E-state index in [1.54, 1.807) is 25.1 Å². The molecule has 0 aliphatic rings. The fourth-order valence-corrected chi connectivity index (χ4v) is 3.38. The highest BCUT2D eigenvalue weighted by molar-refractivity contribution is 7.17. The van der Waals surface area contributed by atoms with Gasteiger partial charge in [0.15, 0.2) is 0 Å². The third-order valence-electron chi connectivity index (χ3n) is 3.72. The predicted octanol–water partition coefficient (Wildman–Crippen LogP) is 3.84. The Hall–Kier alpha value is -3.19. The van der Waals surface area contributed by atoms with E-state index in [2.05, 4.69) is 4.98 Å². The summed E-state index contributed by atoms with van der Waals surface area (Å²) in [5, 5.41) is 0.716. The maximum atomic E-state index is 12.5. The number of hydrogen-bond acceptors (Lipinski definition) is 6. The molecule has 0 unspecified atom stereocenters. The number of carbonyl (C=O) groups is 2. The molecular weight excluding hydrogens is 364 g/mol. The first-order valence-corrected chi connectivity index (χ1v) is 9.12. The fraction of sp³-hybridized carbons (Fsp3) is 0.150. The molecule has 3 aromatic rings. The number of esters is 1. The number of hydrogen-bond donors (Lipinski definition) is 1. The average Bonchev–Trinajstić information content (AvgIpc) is 3.04. The van der Waals surface area contributed by atoms with E-state index < -0.39 is 11.9 Å². The van der Waals surface area contributed by atoms with Gasteiger partial charge in [-0.1, -0.05) is 6.07 Å². The van der Waals surface area contributed by atoms with Gasteiger partial charge in [-0.05, 0) is 56.3 Å². The van der Waals surface area contributed by atoms with E-state index in [4.69, 9.17) is 15.2 Å². The van der Waals surface area contributed by atoms with Crippen LogP contribution in [0.5, 0.6) is 11.5 Å². The highest BCUT2D eigenvalue weighted by atomic mass is 32.1. The van der Waals surface area contributed by atoms with Gasteiger partial charge in [-0.25, -0.2) is 9.78 Å². The van der Waals surface area contributed by atoms with Gasteiger partial charge in [0.2, 0.25) is 5.91 Å². The number of nitrogens with zero attached hydrogens (tertiary/aromatic N) is 1. The zero-order chi connectivity index (χ0) is 19.4. The van der Waals surface area contributed by atoms with Crippen molar-refractivity contribution in [1.82, 2.24) is 4.98 Å². The summed E-state index contributed by atoms with van der Waals surface area (Å²) < 4.78 is 10.8. The minimum absolute atomic E-state index is 0.256. The summed E-state index contributed by atoms with van der Waals surface area (Å²) in [6.45, 7) is 4.28. The number of aromatic nitrogens is 1. The number of primary amides is 1. The van der Waals surface area contributed by atoms with Crippen LogP contribution in [0.2, 0.25) is 0 Å². The maximum absolute atomic E-state index is 12.5. The van der Waals surface area contributed by atoms with Crippen LogP contribution in [0.3, 0.4) is 0 Å². The van der Waals surface area contributed by atoms with Gasteiger partial charge in [0.1, 0.15) is 21.4 Å². The van der Waals surface area contributed by atoms with Crippen LogP contribution in [0.25, 0.3) is 10.6 Å². The summed E-state index contributed by atoms with van der Waals surface area (Å²) in [7, 11) is 0. The molecule has 2 aromatic carbocycles. The average molecular weight is 382 g/mol. The Morgan fingerprint density at radius 3 is 2.52 bits per heavy atom. The van der Waals surface area contributed by atoms with Gasteiger partial charge < -0.3 is 15.2 Å². The van der Waals surface area contributed by atoms with Gasteiger partial charge in [-0.2, -0.15) is 0 Å². The smallest absolute Gasteiger partial charge is 0.355 e. The Bertz CT molecular complexity index is 980. The Morgan fingerprint density at radius 2 is 1.85 bits per heavy atom. The quantitative estimate of drug-likeness (QED) is 0.517. The molecule has 138 valence electrons. The van der Waals surface area contributed by atoms with E-state index >= 15 is 0 Å². The Balaban J connectivity index is 1.80. The molecule has 6 nitrogen and oxygen atoms in total. The second-order valence-electron chi connectivity index (χ2n) is 5.67. The van der Waals surface area contributed by atoms with Crippen LogP contribution in [0.15, 0.2) is 48.5 Å². The van der Waals surface area contributed by atoms with Crippen molar-refractivity contribution in [3.8, 4) is 22.1 Å². The minimum atomic E-state index is -0.584. The second-order valence-corrected chi connectivity index (χ2v) is 6.67. The number of aryl methyl sites for hydroxylation is 1. The molecule has 0 aliphatic carbocycles. The third kappa shape index (κ3) is 4.32. The first-order valence-electron chi connectivity index (χ1n) is 8.30. The van der Waals surface area contributed by atoms with Crippen LogP contribution in [0.1, 0.15) is 32.6 Å². The molecule has 0 radical (unpaired) electrons. The summed E-state index contributed by atoms with van der Waals surface area (Å²) in [5.41, 5.74) is 7.00. The first kappa shape index (κ1) is 18.6. The summed E-state index contributed by atoms with van der Waals surface area (Å²) >= 11 is 1.25.